The van der Waals surface area contributed by atoms with Crippen LogP contribution in [0.25, 0.3) is 0 Å². The summed E-state index contributed by atoms with van der Waals surface area (Å²) in [4.78, 5) is 56.9. The van der Waals surface area contributed by atoms with Gasteiger partial charge in [0.25, 0.3) is 0 Å². The Hall–Kier alpha value is -3.10. The number of unbranched alkanes of at least 4 members (excludes halogenated alkanes) is 11. The minimum absolute atomic E-state index is 0.0780. The van der Waals surface area contributed by atoms with Gasteiger partial charge in [-0.25, -0.2) is 14.4 Å². The van der Waals surface area contributed by atoms with Gasteiger partial charge in [-0.05, 0) is 31.7 Å². The lowest BCUT2D eigenvalue weighted by atomic mass is 9.99. The molecule has 12 nitrogen and oxygen atoms in total. The average molecular weight is 658 g/mol. The van der Waals surface area contributed by atoms with Crippen molar-refractivity contribution in [2.45, 2.75) is 142 Å². The van der Waals surface area contributed by atoms with Gasteiger partial charge in [-0.15, -0.1) is 0 Å². The Morgan fingerprint density at radius 3 is 1.49 bits per heavy atom. The Balaban J connectivity index is -0.00000136. The monoisotopic (exact) mass is 657 g/mol. The third-order valence-corrected chi connectivity index (χ3v) is 6.67. The fraction of sp³-hybridized carbons (Fsp3) is 0.833. The van der Waals surface area contributed by atoms with E-state index in [0.717, 1.165) is 19.3 Å². The number of carboxylic acid groups (broad SMARTS) is 2. The molecule has 0 aromatic carbocycles. The van der Waals surface area contributed by atoms with Crippen molar-refractivity contribution >= 4 is 29.8 Å². The van der Waals surface area contributed by atoms with Gasteiger partial charge >= 0.3 is 24.1 Å². The maximum absolute atomic E-state index is 13.0. The normalized spacial score (nSPS) is 12.1. The van der Waals surface area contributed by atoms with Crippen LogP contribution in [0.15, 0.2) is 0 Å². The van der Waals surface area contributed by atoms with Crippen LogP contribution in [-0.2, 0) is 19.2 Å². The number of carbonyl (C=O) groups is 5. The molecular weight excluding hydrogens is 599 g/mol. The van der Waals surface area contributed by atoms with E-state index in [1.54, 1.807) is 11.8 Å². The van der Waals surface area contributed by atoms with Crippen LogP contribution in [0.4, 0.5) is 18.0 Å². The summed E-state index contributed by atoms with van der Waals surface area (Å²) in [6.07, 6.45) is 10.9. The van der Waals surface area contributed by atoms with E-state index in [0.29, 0.717) is 32.4 Å². The number of nitrogens with zero attached hydrogens (tertiary/aromatic N) is 1. The number of hydrogen-bond acceptors (Lipinski definition) is 6. The zero-order valence-corrected chi connectivity index (χ0v) is 27.5. The van der Waals surface area contributed by atoms with E-state index < -0.39 is 36.2 Å². The Bertz CT molecular complexity index is 826. The number of urea groups is 1. The second-order valence-corrected chi connectivity index (χ2v) is 11.1. The van der Waals surface area contributed by atoms with Gasteiger partial charge in [0.05, 0.1) is 0 Å². The topological polar surface area (TPSA) is 219 Å². The summed E-state index contributed by atoms with van der Waals surface area (Å²) in [5, 5.41) is 19.1. The minimum Gasteiger partial charge on any atom is -0.480 e. The number of carbonyl (C=O) groups excluding carboxylic acids is 3. The molecule has 0 aromatic heterocycles. The van der Waals surface area contributed by atoms with Crippen LogP contribution in [0.2, 0.25) is 0 Å². The summed E-state index contributed by atoms with van der Waals surface area (Å²) in [6, 6.07) is -2.45. The van der Waals surface area contributed by atoms with Crippen molar-refractivity contribution in [3.8, 4) is 0 Å². The van der Waals surface area contributed by atoms with E-state index in [4.69, 9.17) is 20.4 Å². The molecule has 9 N–H and O–H groups in total. The Morgan fingerprint density at radius 1 is 0.778 bits per heavy atom. The predicted octanol–water partition coefficient (Wildman–Crippen LogP) is 4.92. The van der Waals surface area contributed by atoms with Gasteiger partial charge in [0.1, 0.15) is 12.1 Å². The molecule has 0 bridgehead atoms. The second kappa shape index (κ2) is 28.4. The van der Waals surface area contributed by atoms with Crippen LogP contribution >= 0.6 is 0 Å². The molecule has 0 heterocycles. The summed E-state index contributed by atoms with van der Waals surface area (Å²) < 4.78 is 31.7. The molecule has 0 saturated heterocycles. The SMILES string of the molecule is CCCCCCCCCCCCCCN(C(=O)CCCN)[C@H](C(=O)NC(CC)C(=O)O)C(C)C.NC(N)=O.O=C(O)C(F)(F)F. The third-order valence-electron chi connectivity index (χ3n) is 6.67. The van der Waals surface area contributed by atoms with Gasteiger partial charge in [-0.1, -0.05) is 98.3 Å². The lowest BCUT2D eigenvalue weighted by Crippen LogP contribution is -2.55. The Kier molecular flexibility index (Phi) is 29.2. The highest BCUT2D eigenvalue weighted by molar-refractivity contribution is 5.90. The summed E-state index contributed by atoms with van der Waals surface area (Å²) >= 11 is 0. The molecule has 0 aliphatic rings. The first-order valence-electron chi connectivity index (χ1n) is 15.8. The summed E-state index contributed by atoms with van der Waals surface area (Å²) in [6.45, 7) is 8.71. The van der Waals surface area contributed by atoms with Crippen molar-refractivity contribution in [2.24, 2.45) is 23.1 Å². The lowest BCUT2D eigenvalue weighted by Gasteiger charge is -2.34. The lowest BCUT2D eigenvalue weighted by molar-refractivity contribution is -0.192. The van der Waals surface area contributed by atoms with Gasteiger partial charge in [0.15, 0.2) is 0 Å². The third kappa shape index (κ3) is 28.1. The first-order valence-corrected chi connectivity index (χ1v) is 15.8. The van der Waals surface area contributed by atoms with Crippen molar-refractivity contribution < 1.29 is 47.4 Å². The zero-order valence-electron chi connectivity index (χ0n) is 27.5. The summed E-state index contributed by atoms with van der Waals surface area (Å²) in [7, 11) is 0. The minimum atomic E-state index is -5.08. The maximum Gasteiger partial charge on any atom is 0.490 e. The van der Waals surface area contributed by atoms with Gasteiger partial charge < -0.3 is 37.6 Å². The Morgan fingerprint density at radius 2 is 1.18 bits per heavy atom. The van der Waals surface area contributed by atoms with E-state index in [9.17, 15) is 32.7 Å². The quantitative estimate of drug-likeness (QED) is 0.0876. The van der Waals surface area contributed by atoms with Crippen LogP contribution in [0.3, 0.4) is 0 Å². The van der Waals surface area contributed by atoms with Crippen LogP contribution in [-0.4, -0.2) is 76.2 Å². The molecule has 0 saturated carbocycles. The number of aliphatic carboxylic acids is 2. The number of nitrogens with one attached hydrogen (secondary N) is 1. The summed E-state index contributed by atoms with van der Waals surface area (Å²) in [5.41, 5.74) is 14.1. The van der Waals surface area contributed by atoms with E-state index in [2.05, 4.69) is 23.7 Å². The highest BCUT2D eigenvalue weighted by atomic mass is 19.4. The average Bonchev–Trinajstić information content (AvgIpc) is 2.93. The largest absolute Gasteiger partial charge is 0.490 e. The van der Waals surface area contributed by atoms with Crippen molar-refractivity contribution in [1.82, 2.24) is 10.2 Å². The molecule has 15 heteroatoms. The number of primary amides is 2. The van der Waals surface area contributed by atoms with Gasteiger partial charge in [0, 0.05) is 13.0 Å². The molecule has 0 aliphatic carbocycles. The number of halogens is 3. The van der Waals surface area contributed by atoms with E-state index >= 15 is 0 Å². The molecule has 2 atom stereocenters. The van der Waals surface area contributed by atoms with E-state index in [-0.39, 0.29) is 17.7 Å². The highest BCUT2D eigenvalue weighted by Crippen LogP contribution is 2.17. The fourth-order valence-electron chi connectivity index (χ4n) is 4.34. The molecule has 266 valence electrons. The van der Waals surface area contributed by atoms with Crippen LogP contribution in [0, 0.1) is 5.92 Å². The van der Waals surface area contributed by atoms with Gasteiger partial charge in [0.2, 0.25) is 11.8 Å². The highest BCUT2D eigenvalue weighted by Gasteiger charge is 2.38. The number of alkyl halides is 3. The number of carboxylic acids is 2. The van der Waals surface area contributed by atoms with Crippen molar-refractivity contribution in [2.75, 3.05) is 13.1 Å². The molecule has 0 aliphatic heterocycles. The molecule has 4 amide bonds. The number of hydrogen-bond donors (Lipinski definition) is 6. The first-order chi connectivity index (χ1) is 21.0. The molecule has 0 fully saturated rings. The van der Waals surface area contributed by atoms with Crippen LogP contribution < -0.4 is 22.5 Å². The molecule has 0 spiro atoms. The standard InChI is InChI=1S/C27H53N3O4.C2HF3O2.CH4N2O/c1-5-7-8-9-10-11-12-13-14-15-16-17-21-30(24(31)19-18-20-28)25(22(3)4)26(32)29-23(6-2)27(33)34;3-2(4,5)1(6)7;2-1(3)4/h22-23,25H,5-21,28H2,1-4H3,(H,29,32)(H,33,34);(H,6,7);(H4,2,3,4)/t23?,25-;;/m0../s1. The predicted molar refractivity (Wildman–Crippen MR) is 167 cm³/mol. The van der Waals surface area contributed by atoms with Gasteiger partial charge in [-0.3, -0.25) is 9.59 Å². The summed E-state index contributed by atoms with van der Waals surface area (Å²) in [5.74, 6) is -4.40. The first kappa shape index (κ1) is 46.3. The number of rotatable bonds is 22. The number of nitrogens with two attached hydrogens (primary N) is 3. The zero-order chi connectivity index (χ0) is 35.4. The van der Waals surface area contributed by atoms with E-state index in [1.165, 1.54) is 57.8 Å². The molecule has 0 rings (SSSR count). The van der Waals surface area contributed by atoms with Crippen molar-refractivity contribution in [1.29, 1.82) is 0 Å². The van der Waals surface area contributed by atoms with Gasteiger partial charge in [-0.2, -0.15) is 13.2 Å². The molecule has 0 aromatic rings. The molecule has 1 unspecified atom stereocenters. The number of amides is 4. The van der Waals surface area contributed by atoms with Crippen LogP contribution in [0.5, 0.6) is 0 Å². The Labute approximate surface area is 266 Å². The molecule has 45 heavy (non-hydrogen) atoms. The van der Waals surface area contributed by atoms with Crippen LogP contribution in [0.1, 0.15) is 124 Å². The van der Waals surface area contributed by atoms with Crippen molar-refractivity contribution in [3.05, 3.63) is 0 Å². The van der Waals surface area contributed by atoms with Crippen molar-refractivity contribution in [3.63, 3.8) is 0 Å². The fourth-order valence-corrected chi connectivity index (χ4v) is 4.34. The maximum atomic E-state index is 13.0. The van der Waals surface area contributed by atoms with E-state index in [1.807, 2.05) is 13.8 Å². The smallest absolute Gasteiger partial charge is 0.480 e. The second-order valence-electron chi connectivity index (χ2n) is 11.1. The molecule has 0 radical (unpaired) electrons. The molecular formula is C30H58F3N5O7.